The maximum Gasteiger partial charge on any atom is 0.187 e. The zero-order valence-electron chi connectivity index (χ0n) is 17.5. The van der Waals surface area contributed by atoms with Crippen LogP contribution >= 0.6 is 22.9 Å². The molecule has 0 bridgehead atoms. The first-order valence-corrected chi connectivity index (χ1v) is 11.7. The fourth-order valence-corrected chi connectivity index (χ4v) is 5.66. The van der Waals surface area contributed by atoms with Crippen LogP contribution in [0, 0.1) is 5.92 Å². The number of methoxy groups -OCH3 is 2. The summed E-state index contributed by atoms with van der Waals surface area (Å²) in [5, 5.41) is 1.64. The van der Waals surface area contributed by atoms with Crippen LogP contribution in [-0.2, 0) is 6.54 Å². The Bertz CT molecular complexity index is 898. The molecule has 0 unspecified atom stereocenters. The van der Waals surface area contributed by atoms with Gasteiger partial charge in [-0.3, -0.25) is 9.69 Å². The van der Waals surface area contributed by atoms with E-state index < -0.39 is 0 Å². The molecule has 0 aliphatic carbocycles. The molecule has 0 saturated carbocycles. The Kier molecular flexibility index (Phi) is 6.80. The fourth-order valence-electron chi connectivity index (χ4n) is 4.30. The number of piperidine rings is 1. The van der Waals surface area contributed by atoms with Crippen molar-refractivity contribution in [2.75, 3.05) is 45.3 Å². The quantitative estimate of drug-likeness (QED) is 0.580. The molecule has 2 aliphatic rings. The van der Waals surface area contributed by atoms with Gasteiger partial charge in [-0.05, 0) is 50.4 Å². The van der Waals surface area contributed by atoms with E-state index in [0.717, 1.165) is 55.6 Å². The number of likely N-dealkylation sites (tertiary alicyclic amines) is 1. The molecule has 1 aromatic carbocycles. The van der Waals surface area contributed by atoms with Gasteiger partial charge in [0.15, 0.2) is 22.4 Å². The molecule has 0 amide bonds. The van der Waals surface area contributed by atoms with Gasteiger partial charge in [-0.15, -0.1) is 0 Å². The fraction of sp³-hybridized carbons (Fsp3) is 0.545. The van der Waals surface area contributed by atoms with E-state index in [4.69, 9.17) is 21.1 Å². The van der Waals surface area contributed by atoms with Crippen LogP contribution in [0.25, 0.3) is 0 Å². The van der Waals surface area contributed by atoms with Gasteiger partial charge in [0.2, 0.25) is 0 Å². The molecule has 3 heterocycles. The minimum atomic E-state index is -0.0263. The summed E-state index contributed by atoms with van der Waals surface area (Å²) in [5.41, 5.74) is 0.673. The van der Waals surface area contributed by atoms with Gasteiger partial charge >= 0.3 is 0 Å². The first-order chi connectivity index (χ1) is 14.6. The van der Waals surface area contributed by atoms with Crippen LogP contribution in [0.3, 0.4) is 0 Å². The lowest BCUT2D eigenvalue weighted by Gasteiger charge is -2.31. The lowest BCUT2D eigenvalue weighted by molar-refractivity contribution is 0.0812. The second-order valence-electron chi connectivity index (χ2n) is 7.91. The topological polar surface area (TPSA) is 54.9 Å². The number of benzene rings is 1. The third kappa shape index (κ3) is 4.58. The van der Waals surface area contributed by atoms with Gasteiger partial charge in [0, 0.05) is 37.7 Å². The highest BCUT2D eigenvalue weighted by atomic mass is 35.5. The minimum Gasteiger partial charge on any atom is -0.493 e. The van der Waals surface area contributed by atoms with Crippen molar-refractivity contribution in [1.82, 2.24) is 9.88 Å². The molecule has 30 heavy (non-hydrogen) atoms. The highest BCUT2D eigenvalue weighted by Crippen LogP contribution is 2.34. The number of aromatic nitrogens is 1. The maximum atomic E-state index is 13.1. The third-order valence-corrected chi connectivity index (χ3v) is 7.45. The summed E-state index contributed by atoms with van der Waals surface area (Å²) >= 11 is 8.14. The molecule has 2 aromatic rings. The summed E-state index contributed by atoms with van der Waals surface area (Å²) < 4.78 is 10.6. The molecule has 0 N–H and O–H groups in total. The summed E-state index contributed by atoms with van der Waals surface area (Å²) in [7, 11) is 3.18. The van der Waals surface area contributed by atoms with Crippen LogP contribution in [0.15, 0.2) is 18.2 Å². The molecule has 4 rings (SSSR count). The van der Waals surface area contributed by atoms with Crippen molar-refractivity contribution in [3.63, 3.8) is 0 Å². The number of halogens is 1. The number of carbonyl (C=O) groups is 1. The van der Waals surface area contributed by atoms with E-state index in [-0.39, 0.29) is 11.7 Å². The number of rotatable bonds is 7. The van der Waals surface area contributed by atoms with Crippen LogP contribution < -0.4 is 14.4 Å². The van der Waals surface area contributed by atoms with Crippen LogP contribution in [0.5, 0.6) is 11.5 Å². The van der Waals surface area contributed by atoms with Gasteiger partial charge in [0.05, 0.1) is 19.1 Å². The molecule has 2 aliphatic heterocycles. The number of Topliss-reactive ketones (excluding diaryl/α,β-unsaturated/α-hetero) is 1. The average Bonchev–Trinajstić information content (AvgIpc) is 3.43. The largest absolute Gasteiger partial charge is 0.493 e. The van der Waals surface area contributed by atoms with Crippen molar-refractivity contribution < 1.29 is 14.3 Å². The summed E-state index contributed by atoms with van der Waals surface area (Å²) in [4.78, 5) is 23.5. The third-order valence-electron chi connectivity index (χ3n) is 5.93. The standard InChI is InChI=1S/C22H28ClN3O3S/c1-28-17-8-7-15(12-18(17)29-2)20(27)16-6-5-9-25(13-16)14-19-21(23)24-22(30-19)26-10-3-4-11-26/h7-8,12,16H,3-6,9-11,13-14H2,1-2H3/t16-/m0/s1. The molecule has 162 valence electrons. The van der Waals surface area contributed by atoms with E-state index in [0.29, 0.717) is 22.2 Å². The molecule has 8 heteroatoms. The van der Waals surface area contributed by atoms with Crippen molar-refractivity contribution in [3.05, 3.63) is 33.8 Å². The zero-order chi connectivity index (χ0) is 21.1. The van der Waals surface area contributed by atoms with Crippen molar-refractivity contribution in [1.29, 1.82) is 0 Å². The van der Waals surface area contributed by atoms with E-state index in [1.54, 1.807) is 37.7 Å². The number of anilines is 1. The Morgan fingerprint density at radius 3 is 2.67 bits per heavy atom. The smallest absolute Gasteiger partial charge is 0.187 e. The molecule has 0 radical (unpaired) electrons. The number of nitrogens with zero attached hydrogens (tertiary/aromatic N) is 3. The Balaban J connectivity index is 1.43. The van der Waals surface area contributed by atoms with Gasteiger partial charge in [0.25, 0.3) is 0 Å². The Hall–Kier alpha value is -1.83. The molecule has 2 fully saturated rings. The summed E-state index contributed by atoms with van der Waals surface area (Å²) in [6, 6.07) is 5.40. The number of carbonyl (C=O) groups excluding carboxylic acids is 1. The Labute approximate surface area is 186 Å². The average molecular weight is 450 g/mol. The van der Waals surface area contributed by atoms with Crippen molar-refractivity contribution in [2.24, 2.45) is 5.92 Å². The van der Waals surface area contributed by atoms with Gasteiger partial charge < -0.3 is 14.4 Å². The van der Waals surface area contributed by atoms with E-state index >= 15 is 0 Å². The lowest BCUT2D eigenvalue weighted by Crippen LogP contribution is -2.38. The predicted molar refractivity (Wildman–Crippen MR) is 120 cm³/mol. The number of ether oxygens (including phenoxy) is 2. The van der Waals surface area contributed by atoms with Crippen LogP contribution in [-0.4, -0.2) is 56.1 Å². The van der Waals surface area contributed by atoms with Gasteiger partial charge in [-0.25, -0.2) is 4.98 Å². The Morgan fingerprint density at radius 2 is 1.93 bits per heavy atom. The highest BCUT2D eigenvalue weighted by molar-refractivity contribution is 7.16. The second kappa shape index (κ2) is 9.54. The lowest BCUT2D eigenvalue weighted by atomic mass is 9.90. The molecular formula is C22H28ClN3O3S. The van der Waals surface area contributed by atoms with Gasteiger partial charge in [-0.1, -0.05) is 22.9 Å². The second-order valence-corrected chi connectivity index (χ2v) is 9.33. The van der Waals surface area contributed by atoms with Crippen molar-refractivity contribution in [3.8, 4) is 11.5 Å². The zero-order valence-corrected chi connectivity index (χ0v) is 19.1. The SMILES string of the molecule is COc1ccc(C(=O)[C@H]2CCCN(Cc3sc(N4CCCC4)nc3Cl)C2)cc1OC. The molecule has 2 saturated heterocycles. The van der Waals surface area contributed by atoms with E-state index in [1.165, 1.54) is 12.8 Å². The first-order valence-electron chi connectivity index (χ1n) is 10.5. The number of ketones is 1. The summed E-state index contributed by atoms with van der Waals surface area (Å²) in [6.07, 6.45) is 4.34. The van der Waals surface area contributed by atoms with Crippen LogP contribution in [0.4, 0.5) is 5.13 Å². The van der Waals surface area contributed by atoms with Crippen LogP contribution in [0.2, 0.25) is 5.15 Å². The van der Waals surface area contributed by atoms with E-state index in [2.05, 4.69) is 14.8 Å². The minimum absolute atomic E-state index is 0.0263. The molecule has 0 spiro atoms. The van der Waals surface area contributed by atoms with Crippen LogP contribution in [0.1, 0.15) is 40.9 Å². The number of thiazole rings is 1. The number of hydrogen-bond acceptors (Lipinski definition) is 7. The van der Waals surface area contributed by atoms with Gasteiger partial charge in [0.1, 0.15) is 5.15 Å². The Morgan fingerprint density at radius 1 is 1.17 bits per heavy atom. The molecule has 6 nitrogen and oxygen atoms in total. The maximum absolute atomic E-state index is 13.1. The van der Waals surface area contributed by atoms with E-state index in [9.17, 15) is 4.79 Å². The molecule has 1 atom stereocenters. The van der Waals surface area contributed by atoms with Gasteiger partial charge in [-0.2, -0.15) is 0 Å². The van der Waals surface area contributed by atoms with E-state index in [1.807, 2.05) is 6.07 Å². The van der Waals surface area contributed by atoms with Crippen molar-refractivity contribution in [2.45, 2.75) is 32.2 Å². The van der Waals surface area contributed by atoms with Crippen molar-refractivity contribution >= 4 is 33.9 Å². The first kappa shape index (κ1) is 21.4. The normalized spacial score (nSPS) is 19.8. The summed E-state index contributed by atoms with van der Waals surface area (Å²) in [6.45, 7) is 4.59. The summed E-state index contributed by atoms with van der Waals surface area (Å²) in [5.74, 6) is 1.35. The molecular weight excluding hydrogens is 422 g/mol. The number of hydrogen-bond donors (Lipinski definition) is 0. The predicted octanol–water partition coefficient (Wildman–Crippen LogP) is 4.51. The highest BCUT2D eigenvalue weighted by Gasteiger charge is 2.28. The molecule has 1 aromatic heterocycles. The monoisotopic (exact) mass is 449 g/mol.